The van der Waals surface area contributed by atoms with E-state index in [1.807, 2.05) is 24.3 Å². The van der Waals surface area contributed by atoms with E-state index in [0.29, 0.717) is 5.56 Å². The van der Waals surface area contributed by atoms with Gasteiger partial charge in [-0.15, -0.1) is 0 Å². The van der Waals surface area contributed by atoms with Gasteiger partial charge in [-0.3, -0.25) is 0 Å². The molecule has 2 nitrogen and oxygen atoms in total. The van der Waals surface area contributed by atoms with E-state index in [1.54, 1.807) is 7.11 Å². The maximum atomic E-state index is 8.75. The normalized spacial score (nSPS) is 19.2. The van der Waals surface area contributed by atoms with Crippen LogP contribution < -0.4 is 0 Å². The average Bonchev–Trinajstić information content (AvgIpc) is 2.39. The molecular weight excluding hydrogens is 210 g/mol. The Bertz CT molecular complexity index is 503. The molecule has 0 spiro atoms. The van der Waals surface area contributed by atoms with E-state index >= 15 is 0 Å². The van der Waals surface area contributed by atoms with Gasteiger partial charge in [-0.1, -0.05) is 24.3 Å². The molecular formula is C15H15NO. The molecule has 0 N–H and O–H groups in total. The van der Waals surface area contributed by atoms with Crippen molar-refractivity contribution in [2.24, 2.45) is 0 Å². The number of hydrogen-bond acceptors (Lipinski definition) is 2. The smallest absolute Gasteiger partial charge is 0.0991 e. The Morgan fingerprint density at radius 1 is 1.29 bits per heavy atom. The zero-order chi connectivity index (χ0) is 12.3. The molecule has 17 heavy (non-hydrogen) atoms. The van der Waals surface area contributed by atoms with Crippen molar-refractivity contribution in [1.82, 2.24) is 0 Å². The molecule has 0 bridgehead atoms. The van der Waals surface area contributed by atoms with Crippen molar-refractivity contribution in [2.75, 3.05) is 7.11 Å². The van der Waals surface area contributed by atoms with E-state index in [-0.39, 0.29) is 6.10 Å². The third-order valence-electron chi connectivity index (χ3n) is 3.07. The summed E-state index contributed by atoms with van der Waals surface area (Å²) in [5.41, 5.74) is 4.30. The monoisotopic (exact) mass is 225 g/mol. The molecule has 0 radical (unpaired) electrons. The molecule has 1 aromatic carbocycles. The molecule has 1 aromatic rings. The Balaban J connectivity index is 2.25. The number of nitriles is 1. The van der Waals surface area contributed by atoms with Crippen molar-refractivity contribution in [2.45, 2.75) is 19.4 Å². The zero-order valence-electron chi connectivity index (χ0n) is 10.1. The Kier molecular flexibility index (Phi) is 3.41. The van der Waals surface area contributed by atoms with Crippen molar-refractivity contribution >= 4 is 5.57 Å². The molecule has 1 aliphatic rings. The minimum atomic E-state index is 0.206. The van der Waals surface area contributed by atoms with Crippen LogP contribution in [-0.4, -0.2) is 13.2 Å². The molecule has 86 valence electrons. The number of ether oxygens (including phenoxy) is 1. The fraction of sp³-hybridized carbons (Fsp3) is 0.267. The zero-order valence-corrected chi connectivity index (χ0v) is 10.1. The van der Waals surface area contributed by atoms with Crippen LogP contribution in [0.15, 0.2) is 42.0 Å². The minimum absolute atomic E-state index is 0.206. The molecule has 0 saturated carbocycles. The van der Waals surface area contributed by atoms with E-state index in [4.69, 9.17) is 10.00 Å². The van der Waals surface area contributed by atoms with Gasteiger partial charge < -0.3 is 4.74 Å². The van der Waals surface area contributed by atoms with E-state index in [1.165, 1.54) is 11.1 Å². The van der Waals surface area contributed by atoms with Gasteiger partial charge in [0.05, 0.1) is 17.7 Å². The number of methoxy groups -OCH3 is 1. The summed E-state index contributed by atoms with van der Waals surface area (Å²) in [5, 5.41) is 8.75. The summed E-state index contributed by atoms with van der Waals surface area (Å²) in [6, 6.07) is 9.80. The number of hydrogen-bond donors (Lipinski definition) is 0. The van der Waals surface area contributed by atoms with E-state index in [0.717, 1.165) is 12.0 Å². The van der Waals surface area contributed by atoms with Gasteiger partial charge in [0.1, 0.15) is 0 Å². The van der Waals surface area contributed by atoms with Crippen LogP contribution in [0, 0.1) is 11.3 Å². The number of benzene rings is 1. The maximum absolute atomic E-state index is 8.75. The first-order valence-electron chi connectivity index (χ1n) is 5.66. The fourth-order valence-corrected chi connectivity index (χ4v) is 2.04. The van der Waals surface area contributed by atoms with Crippen molar-refractivity contribution in [3.05, 3.63) is 53.1 Å². The quantitative estimate of drug-likeness (QED) is 0.773. The van der Waals surface area contributed by atoms with E-state index in [9.17, 15) is 0 Å². The lowest BCUT2D eigenvalue weighted by molar-refractivity contribution is 0.133. The highest BCUT2D eigenvalue weighted by molar-refractivity contribution is 5.76. The van der Waals surface area contributed by atoms with Gasteiger partial charge in [0, 0.05) is 7.11 Å². The SMILES string of the molecule is COC1CC=C(c2ccc(C#N)cc2)C=C1C. The summed E-state index contributed by atoms with van der Waals surface area (Å²) in [6.45, 7) is 2.09. The van der Waals surface area contributed by atoms with Gasteiger partial charge in [-0.25, -0.2) is 0 Å². The van der Waals surface area contributed by atoms with E-state index in [2.05, 4.69) is 25.1 Å². The van der Waals surface area contributed by atoms with Gasteiger partial charge in [0.25, 0.3) is 0 Å². The second-order valence-electron chi connectivity index (χ2n) is 4.20. The first-order chi connectivity index (χ1) is 8.24. The Morgan fingerprint density at radius 2 is 2.00 bits per heavy atom. The van der Waals surface area contributed by atoms with Crippen LogP contribution in [0.4, 0.5) is 0 Å². The Hall–Kier alpha value is -1.85. The maximum Gasteiger partial charge on any atom is 0.0991 e. The van der Waals surface area contributed by atoms with Crippen LogP contribution in [0.3, 0.4) is 0 Å². The highest BCUT2D eigenvalue weighted by Gasteiger charge is 2.14. The fourth-order valence-electron chi connectivity index (χ4n) is 2.04. The van der Waals surface area contributed by atoms with Crippen LogP contribution in [0.25, 0.3) is 5.57 Å². The second-order valence-corrected chi connectivity index (χ2v) is 4.20. The standard InChI is InChI=1S/C15H15NO/c1-11-9-14(7-8-15(11)17-2)13-5-3-12(10-16)4-6-13/h3-7,9,15H,8H2,1-2H3. The first-order valence-corrected chi connectivity index (χ1v) is 5.66. The molecule has 0 aromatic heterocycles. The number of nitrogens with zero attached hydrogens (tertiary/aromatic N) is 1. The average molecular weight is 225 g/mol. The van der Waals surface area contributed by atoms with Crippen molar-refractivity contribution in [3.8, 4) is 6.07 Å². The summed E-state index contributed by atoms with van der Waals surface area (Å²) in [4.78, 5) is 0. The topological polar surface area (TPSA) is 33.0 Å². The summed E-state index contributed by atoms with van der Waals surface area (Å²) in [6.07, 6.45) is 5.45. The molecule has 0 amide bonds. The molecule has 1 aliphatic carbocycles. The van der Waals surface area contributed by atoms with Crippen molar-refractivity contribution in [3.63, 3.8) is 0 Å². The predicted molar refractivity (Wildman–Crippen MR) is 68.3 cm³/mol. The summed E-state index contributed by atoms with van der Waals surface area (Å²) >= 11 is 0. The van der Waals surface area contributed by atoms with E-state index < -0.39 is 0 Å². The summed E-state index contributed by atoms with van der Waals surface area (Å²) in [7, 11) is 1.74. The highest BCUT2D eigenvalue weighted by Crippen LogP contribution is 2.26. The van der Waals surface area contributed by atoms with Gasteiger partial charge in [-0.2, -0.15) is 5.26 Å². The minimum Gasteiger partial charge on any atom is -0.377 e. The molecule has 0 fully saturated rings. The summed E-state index contributed by atoms with van der Waals surface area (Å²) in [5.74, 6) is 0. The third-order valence-corrected chi connectivity index (χ3v) is 3.07. The lowest BCUT2D eigenvalue weighted by Crippen LogP contribution is -2.13. The van der Waals surface area contributed by atoms with Gasteiger partial charge in [0.2, 0.25) is 0 Å². The second kappa shape index (κ2) is 4.99. The third kappa shape index (κ3) is 2.46. The molecule has 2 heteroatoms. The predicted octanol–water partition coefficient (Wildman–Crippen LogP) is 3.31. The van der Waals surface area contributed by atoms with Crippen LogP contribution >= 0.6 is 0 Å². The molecule has 0 heterocycles. The molecule has 2 rings (SSSR count). The summed E-state index contributed by atoms with van der Waals surface area (Å²) < 4.78 is 5.37. The lowest BCUT2D eigenvalue weighted by atomic mass is 9.93. The van der Waals surface area contributed by atoms with Gasteiger partial charge >= 0.3 is 0 Å². The highest BCUT2D eigenvalue weighted by atomic mass is 16.5. The Morgan fingerprint density at radius 3 is 2.53 bits per heavy atom. The van der Waals surface area contributed by atoms with Gasteiger partial charge in [0.15, 0.2) is 0 Å². The van der Waals surface area contributed by atoms with Crippen molar-refractivity contribution in [1.29, 1.82) is 5.26 Å². The number of allylic oxidation sites excluding steroid dienone is 2. The lowest BCUT2D eigenvalue weighted by Gasteiger charge is -2.20. The molecule has 0 saturated heterocycles. The van der Waals surface area contributed by atoms with Crippen LogP contribution in [0.1, 0.15) is 24.5 Å². The Labute approximate surface area is 102 Å². The van der Waals surface area contributed by atoms with Crippen molar-refractivity contribution < 1.29 is 4.74 Å². The van der Waals surface area contributed by atoms with Crippen LogP contribution in [-0.2, 0) is 4.74 Å². The first kappa shape index (κ1) is 11.6. The largest absolute Gasteiger partial charge is 0.377 e. The van der Waals surface area contributed by atoms with Gasteiger partial charge in [-0.05, 0) is 42.2 Å². The molecule has 1 unspecified atom stereocenters. The van der Waals surface area contributed by atoms with Crippen LogP contribution in [0.5, 0.6) is 0 Å². The van der Waals surface area contributed by atoms with Crippen LogP contribution in [0.2, 0.25) is 0 Å². The molecule has 1 atom stereocenters. The number of rotatable bonds is 2. The molecule has 0 aliphatic heterocycles.